The first kappa shape index (κ1) is 111. The number of nitriles is 2. The van der Waals surface area contributed by atoms with Crippen LogP contribution < -0.4 is 96.4 Å². The van der Waals surface area contributed by atoms with Crippen LogP contribution in [0.25, 0.3) is 126 Å². The van der Waals surface area contributed by atoms with Gasteiger partial charge in [-0.25, -0.2) is 51.4 Å². The van der Waals surface area contributed by atoms with E-state index >= 15 is 0 Å². The Morgan fingerprint density at radius 3 is 1.11 bits per heavy atom. The van der Waals surface area contributed by atoms with Crippen molar-refractivity contribution < 1.29 is 129 Å². The molecule has 0 saturated carbocycles. The van der Waals surface area contributed by atoms with Crippen LogP contribution in [-0.2, 0) is 20.4 Å². The fraction of sp³-hybridized carbons (Fsp3) is 0.0388. The summed E-state index contributed by atoms with van der Waals surface area (Å²) in [5.41, 5.74) is 50.4. The quantitative estimate of drug-likeness (QED) is 0.00553. The molecule has 0 unspecified atom stereocenters. The van der Waals surface area contributed by atoms with Crippen LogP contribution in [0, 0.1) is 89.7 Å². The maximum Gasteiger partial charge on any atom is 1.00 e. The summed E-state index contributed by atoms with van der Waals surface area (Å²) in [7, 11) is -1.46. The molecule has 0 atom stereocenters. The van der Waals surface area contributed by atoms with Gasteiger partial charge in [0.1, 0.15) is 70.8 Å². The standard InChI is InChI=1S/C21H17FN6O2.C21H17FN6.C21H11FN4.C14H8FNO.C7H7BO3.C7H3BrFN.C7H7N3.C4H9O.CH3.K.Pd/c22-16-9-13(5-7-15(16)20(24)28-30)11-1-3-12(4-2-11)21-25-17-8-6-14(19(23)27-29)10-18(17)26-21;22-16-9-13(5-7-15(16)20(25)26)11-1-3-12(4-2-11)21-27-17-8-6-14(19(23)24)10-18(17)28-21;1-24-18-9-7-16(11-17(18)22)14-3-5-15(6-4-14)21-25-19-8-2-13(12-23)10-20(19)26-21;1-16-14-7-6-12(8-13(14)15)11-4-2-10(9-17)3-5-11;9-5-6-1-3-7(4-2-6)8(10)11;1-10-7-3-2-5(8)4-6(7)9;8-4-5-1-2-6(9)7(10)3-5;1-4(2,3)5;;;/h1-10,29-30H,(H2,23,27)(H2,24,28)(H,25,26);1-10H,(H3,23,24)(H3,25,26)(H,27,28);2-11H,(H,25,26);2-9H;1-5,10-11H;2-4H;1-3H,9-10H2;1-3H3;1H3;;/q;;;;;;;2*-1;+1;. The number of amidine groups is 4. The van der Waals surface area contributed by atoms with Crippen LogP contribution in [0.3, 0.4) is 0 Å². The molecule has 0 bridgehead atoms. The van der Waals surface area contributed by atoms with E-state index in [1.165, 1.54) is 84.9 Å². The summed E-state index contributed by atoms with van der Waals surface area (Å²) < 4.78 is 68.8. The van der Waals surface area contributed by atoms with Gasteiger partial charge >= 0.3 is 58.5 Å². The van der Waals surface area contributed by atoms with Crippen molar-refractivity contribution in [2.75, 3.05) is 11.5 Å². The maximum absolute atomic E-state index is 14.2. The second-order valence-corrected chi connectivity index (χ2v) is 31.1. The molecular formula is C103H82BBrF5KN21O7Pd-. The summed E-state index contributed by atoms with van der Waals surface area (Å²) in [6, 6.07) is 82.7. The van der Waals surface area contributed by atoms with Crippen molar-refractivity contribution in [3.8, 4) is 90.8 Å². The van der Waals surface area contributed by atoms with Crippen molar-refractivity contribution in [1.82, 2.24) is 29.9 Å². The number of nitrogens with zero attached hydrogens (tertiary/aromatic N) is 10. The van der Waals surface area contributed by atoms with E-state index in [1.807, 2.05) is 91.0 Å². The van der Waals surface area contributed by atoms with Gasteiger partial charge in [0, 0.05) is 63.8 Å². The Morgan fingerprint density at radius 2 is 0.757 bits per heavy atom. The minimum Gasteiger partial charge on any atom is -0.850 e. The number of carbonyl (C=O) groups excluding carboxylic acids is 2. The van der Waals surface area contributed by atoms with Gasteiger partial charge in [-0.1, -0.05) is 217 Å². The number of aldehydes is 2. The minimum absolute atomic E-state index is 0. The van der Waals surface area contributed by atoms with Gasteiger partial charge in [-0.3, -0.25) is 20.4 Å². The van der Waals surface area contributed by atoms with Gasteiger partial charge in [-0.15, -0.1) is 5.60 Å². The summed E-state index contributed by atoms with van der Waals surface area (Å²) in [6.45, 7) is 25.1. The molecule has 37 heteroatoms. The minimum atomic E-state index is -1.46. The van der Waals surface area contributed by atoms with E-state index < -0.39 is 41.8 Å². The Morgan fingerprint density at radius 1 is 0.436 bits per heavy atom. The van der Waals surface area contributed by atoms with Crippen LogP contribution >= 0.6 is 15.9 Å². The monoisotopic (exact) mass is 2050 g/mol. The predicted octanol–water partition coefficient (Wildman–Crippen LogP) is 16.8. The number of nitrogens with one attached hydrogen (secondary N) is 5. The zero-order valence-electron chi connectivity index (χ0n) is 74.9. The summed E-state index contributed by atoms with van der Waals surface area (Å²) in [5, 5.41) is 83.1. The van der Waals surface area contributed by atoms with Crippen molar-refractivity contribution in [1.29, 1.82) is 21.3 Å². The van der Waals surface area contributed by atoms with Crippen LogP contribution in [0.1, 0.15) is 74.9 Å². The molecule has 3 heterocycles. The first-order valence-electron chi connectivity index (χ1n) is 40.4. The number of imidazole rings is 3. The van der Waals surface area contributed by atoms with E-state index in [4.69, 9.17) is 95.9 Å². The van der Waals surface area contributed by atoms with Crippen molar-refractivity contribution in [2.45, 2.75) is 26.4 Å². The Balaban J connectivity index is 0.000000227. The summed E-state index contributed by atoms with van der Waals surface area (Å²) >= 11 is 3.08. The molecule has 140 heavy (non-hydrogen) atoms. The van der Waals surface area contributed by atoms with Crippen molar-refractivity contribution >= 4 is 126 Å². The topological polar surface area (TPSA) is 513 Å². The third-order valence-electron chi connectivity index (χ3n) is 19.5. The average Bonchev–Trinajstić information content (AvgIpc) is 1.61. The number of hydrogen-bond donors (Lipinski definition) is 15. The summed E-state index contributed by atoms with van der Waals surface area (Å²) in [4.78, 5) is 53.1. The molecule has 17 aromatic rings. The molecule has 0 aliphatic heterocycles. The number of halogens is 6. The van der Waals surface area contributed by atoms with Gasteiger partial charge in [0.25, 0.3) is 0 Å². The molecule has 0 aliphatic carbocycles. The molecule has 0 aliphatic rings. The van der Waals surface area contributed by atoms with Gasteiger partial charge in [-0.05, 0) is 165 Å². The van der Waals surface area contributed by atoms with Crippen molar-refractivity contribution in [3.05, 3.63) is 405 Å². The SMILES string of the molecule is CC(C)(C)[O-].N#Cc1ccc(N)c(N)c1.N/C(=N\O)c1ccc2nc(-c3ccc(-c4ccc(/C(N)=N\O)c(F)c4)cc3)[nH]c2c1.N=C(N)c1ccc2nc(-c3ccc(-c4ccc(C(=N)N)c(F)c4)cc3)[nH]c2c1.O=Cc1ccc(B(O)O)cc1.[C-]#[N+]c1ccc(-c2ccc(-c3nc4ccc(C#N)cc4[nH]3)cc2)cc1F.[C-]#[N+]c1ccc(-c2ccc(C=O)cc2)cc1F.[C-]#[N+]c1ccc(Br)cc1F.[CH3-].[K+].[Pd]. The number of aromatic nitrogens is 6. The van der Waals surface area contributed by atoms with Crippen LogP contribution in [0.4, 0.5) is 50.4 Å². The number of hydrogen-bond acceptors (Lipinski definition) is 18. The number of benzene rings is 14. The first-order valence-corrected chi connectivity index (χ1v) is 41.2. The normalized spacial score (nSPS) is 10.4. The number of anilines is 2. The van der Waals surface area contributed by atoms with Gasteiger partial charge in [0.15, 0.2) is 11.7 Å². The fourth-order valence-corrected chi connectivity index (χ4v) is 12.8. The molecule has 0 spiro atoms. The number of nitrogen functional groups attached to an aromatic ring is 4. The third-order valence-corrected chi connectivity index (χ3v) is 20.0. The number of carbonyl (C=O) groups is 2. The molecule has 21 N–H and O–H groups in total. The molecule has 14 aromatic carbocycles. The maximum atomic E-state index is 14.2. The molecule has 17 rings (SSSR count). The van der Waals surface area contributed by atoms with E-state index in [1.54, 1.807) is 136 Å². The summed E-state index contributed by atoms with van der Waals surface area (Å²) in [6.07, 6.45) is 1.46. The van der Waals surface area contributed by atoms with Crippen molar-refractivity contribution in [3.63, 3.8) is 0 Å². The van der Waals surface area contributed by atoms with E-state index in [0.29, 0.717) is 101 Å². The average molecular weight is 2060 g/mol. The van der Waals surface area contributed by atoms with Crippen LogP contribution in [0.2, 0.25) is 0 Å². The second kappa shape index (κ2) is 52.2. The Hall–Kier alpha value is -16.3. The number of rotatable bonds is 14. The number of aromatic amines is 3. The van der Waals surface area contributed by atoms with E-state index in [9.17, 15) is 36.6 Å². The summed E-state index contributed by atoms with van der Waals surface area (Å²) in [5.74, 6) is -1.13. The zero-order chi connectivity index (χ0) is 99.3. The number of nitrogens with two attached hydrogens (primary N) is 6. The molecule has 0 radical (unpaired) electrons. The van der Waals surface area contributed by atoms with Gasteiger partial charge in [0.2, 0.25) is 17.1 Å². The fourth-order valence-electron chi connectivity index (χ4n) is 12.5. The molecule has 0 amide bonds. The number of H-pyrrole nitrogens is 3. The number of fused-ring (bicyclic) bond motifs is 3. The molecule has 0 fully saturated rings. The molecule has 28 nitrogen and oxygen atoms in total. The van der Waals surface area contributed by atoms with Gasteiger partial charge < -0.3 is 82.3 Å². The van der Waals surface area contributed by atoms with E-state index in [-0.39, 0.29) is 131 Å². The molecule has 698 valence electrons. The number of oxime groups is 2. The van der Waals surface area contributed by atoms with Crippen molar-refractivity contribution in [2.24, 2.45) is 33.2 Å². The van der Waals surface area contributed by atoms with E-state index in [0.717, 1.165) is 78.3 Å². The second-order valence-electron chi connectivity index (χ2n) is 30.2. The Labute approximate surface area is 865 Å². The van der Waals surface area contributed by atoms with Crippen LogP contribution in [-0.4, -0.2) is 99.0 Å². The molecule has 3 aromatic heterocycles. The van der Waals surface area contributed by atoms with E-state index in [2.05, 4.69) is 76.7 Å². The van der Waals surface area contributed by atoms with Gasteiger partial charge in [-0.2, -0.15) is 10.5 Å². The Kier molecular flexibility index (Phi) is 41.3. The molecule has 0 saturated heterocycles. The Bertz CT molecular complexity index is 7600. The first-order chi connectivity index (χ1) is 65.5. The van der Waals surface area contributed by atoms with Gasteiger partial charge in [0.05, 0.1) is 98.6 Å². The third kappa shape index (κ3) is 30.6. The smallest absolute Gasteiger partial charge is 0.850 e. The molecular weight excluding hydrogens is 1970 g/mol. The van der Waals surface area contributed by atoms with Crippen LogP contribution in [0.5, 0.6) is 0 Å². The van der Waals surface area contributed by atoms with Crippen LogP contribution in [0.15, 0.2) is 300 Å². The predicted molar refractivity (Wildman–Crippen MR) is 530 cm³/mol. The zero-order valence-corrected chi connectivity index (χ0v) is 81.2. The largest absolute Gasteiger partial charge is 1.00 e.